The van der Waals surface area contributed by atoms with E-state index in [4.69, 9.17) is 0 Å². The van der Waals surface area contributed by atoms with Crippen molar-refractivity contribution < 1.29 is 4.79 Å². The Bertz CT molecular complexity index is 925. The predicted octanol–water partition coefficient (Wildman–Crippen LogP) is 2.89. The Morgan fingerprint density at radius 1 is 1.38 bits per heavy atom. The summed E-state index contributed by atoms with van der Waals surface area (Å²) >= 11 is 2.96. The summed E-state index contributed by atoms with van der Waals surface area (Å²) in [6.45, 7) is 2.86. The molecule has 1 atom stereocenters. The van der Waals surface area contributed by atoms with Crippen molar-refractivity contribution >= 4 is 35.1 Å². The smallest absolute Gasteiger partial charge is 0.267 e. The Kier molecular flexibility index (Phi) is 4.84. The fourth-order valence-electron chi connectivity index (χ4n) is 3.50. The van der Waals surface area contributed by atoms with E-state index in [1.54, 1.807) is 23.4 Å². The van der Waals surface area contributed by atoms with Crippen LogP contribution in [0.4, 0.5) is 5.69 Å². The lowest BCUT2D eigenvalue weighted by Gasteiger charge is -2.29. The van der Waals surface area contributed by atoms with Gasteiger partial charge in [0.15, 0.2) is 5.16 Å². The Labute approximate surface area is 161 Å². The molecule has 1 aromatic carbocycles. The number of benzene rings is 1. The van der Waals surface area contributed by atoms with E-state index in [0.717, 1.165) is 42.1 Å². The van der Waals surface area contributed by atoms with E-state index in [1.807, 2.05) is 23.1 Å². The van der Waals surface area contributed by atoms with Gasteiger partial charge in [-0.25, -0.2) is 4.98 Å². The SMILES string of the molecule is C[C@@H]1Cc2nc(SCC(=O)N3CCCc4ccccc43)n(C)c(=O)c2S1. The minimum Gasteiger partial charge on any atom is -0.311 e. The van der Waals surface area contributed by atoms with Gasteiger partial charge >= 0.3 is 0 Å². The van der Waals surface area contributed by atoms with Gasteiger partial charge in [0.2, 0.25) is 5.91 Å². The number of aromatic nitrogens is 2. The molecule has 2 aromatic rings. The maximum absolute atomic E-state index is 12.8. The molecule has 0 spiro atoms. The normalized spacial score (nSPS) is 18.5. The van der Waals surface area contributed by atoms with Crippen molar-refractivity contribution in [3.63, 3.8) is 0 Å². The van der Waals surface area contributed by atoms with Crippen LogP contribution in [0.15, 0.2) is 39.1 Å². The maximum Gasteiger partial charge on any atom is 0.267 e. The molecular formula is C19H21N3O2S2. The molecule has 0 fully saturated rings. The second-order valence-electron chi connectivity index (χ2n) is 6.73. The highest BCUT2D eigenvalue weighted by Gasteiger charge is 2.26. The standard InChI is InChI=1S/C19H21N3O2S2/c1-12-10-14-17(26-12)18(24)21(2)19(20-14)25-11-16(23)22-9-5-7-13-6-3-4-8-15(13)22/h3-4,6,8,12H,5,7,9-11H2,1-2H3/t12-/m1/s1. The molecule has 0 N–H and O–H groups in total. The molecule has 0 saturated heterocycles. The van der Waals surface area contributed by atoms with Crippen LogP contribution >= 0.6 is 23.5 Å². The van der Waals surface area contributed by atoms with Crippen LogP contribution in [0.2, 0.25) is 0 Å². The van der Waals surface area contributed by atoms with Crippen LogP contribution in [0, 0.1) is 0 Å². The zero-order valence-electron chi connectivity index (χ0n) is 14.9. The molecule has 2 aliphatic heterocycles. The first-order valence-corrected chi connectivity index (χ1v) is 10.7. The quantitative estimate of drug-likeness (QED) is 0.599. The van der Waals surface area contributed by atoms with Crippen molar-refractivity contribution in [3.8, 4) is 0 Å². The number of anilines is 1. The molecule has 0 saturated carbocycles. The number of para-hydroxylation sites is 1. The molecule has 0 bridgehead atoms. The number of hydrogen-bond donors (Lipinski definition) is 0. The summed E-state index contributed by atoms with van der Waals surface area (Å²) in [5, 5.41) is 1.01. The molecule has 0 unspecified atom stereocenters. The molecule has 0 aliphatic carbocycles. The molecule has 5 nitrogen and oxygen atoms in total. The second kappa shape index (κ2) is 7.12. The Morgan fingerprint density at radius 2 is 2.19 bits per heavy atom. The zero-order valence-corrected chi connectivity index (χ0v) is 16.5. The summed E-state index contributed by atoms with van der Waals surface area (Å²) in [5.74, 6) is 0.357. The summed E-state index contributed by atoms with van der Waals surface area (Å²) in [6.07, 6.45) is 2.82. The summed E-state index contributed by atoms with van der Waals surface area (Å²) in [7, 11) is 1.74. The van der Waals surface area contributed by atoms with Crippen LogP contribution in [0.5, 0.6) is 0 Å². The summed E-state index contributed by atoms with van der Waals surface area (Å²) in [4.78, 5) is 32.6. The zero-order chi connectivity index (χ0) is 18.3. The van der Waals surface area contributed by atoms with Gasteiger partial charge in [0.1, 0.15) is 0 Å². The number of nitrogens with zero attached hydrogens (tertiary/aromatic N) is 3. The van der Waals surface area contributed by atoms with E-state index in [0.29, 0.717) is 10.4 Å². The third kappa shape index (κ3) is 3.18. The van der Waals surface area contributed by atoms with Crippen molar-refractivity contribution in [3.05, 3.63) is 45.9 Å². The van der Waals surface area contributed by atoms with Gasteiger partial charge < -0.3 is 4.90 Å². The number of carbonyl (C=O) groups is 1. The average Bonchev–Trinajstić information content (AvgIpc) is 3.03. The van der Waals surface area contributed by atoms with Crippen LogP contribution in [-0.2, 0) is 24.7 Å². The number of fused-ring (bicyclic) bond motifs is 2. The number of thioether (sulfide) groups is 2. The molecule has 136 valence electrons. The topological polar surface area (TPSA) is 55.2 Å². The number of amides is 1. The van der Waals surface area contributed by atoms with Crippen LogP contribution in [0.3, 0.4) is 0 Å². The minimum atomic E-state index is 0.00242. The molecule has 3 heterocycles. The highest BCUT2D eigenvalue weighted by molar-refractivity contribution is 8.00. The molecule has 0 radical (unpaired) electrons. The number of carbonyl (C=O) groups excluding carboxylic acids is 1. The van der Waals surface area contributed by atoms with Gasteiger partial charge in [0.05, 0.1) is 16.3 Å². The molecule has 1 aromatic heterocycles. The van der Waals surface area contributed by atoms with Crippen LogP contribution in [0.25, 0.3) is 0 Å². The lowest BCUT2D eigenvalue weighted by molar-refractivity contribution is -0.116. The van der Waals surface area contributed by atoms with Crippen LogP contribution in [0.1, 0.15) is 24.6 Å². The van der Waals surface area contributed by atoms with Gasteiger partial charge in [-0.15, -0.1) is 11.8 Å². The van der Waals surface area contributed by atoms with Gasteiger partial charge in [-0.2, -0.15) is 0 Å². The van der Waals surface area contributed by atoms with Crippen molar-refractivity contribution in [2.45, 2.75) is 41.5 Å². The van der Waals surface area contributed by atoms with Gasteiger partial charge in [-0.05, 0) is 24.5 Å². The molecule has 2 aliphatic rings. The van der Waals surface area contributed by atoms with Gasteiger partial charge in [-0.3, -0.25) is 14.2 Å². The van der Waals surface area contributed by atoms with E-state index >= 15 is 0 Å². The van der Waals surface area contributed by atoms with Gasteiger partial charge in [-0.1, -0.05) is 36.9 Å². The third-order valence-electron chi connectivity index (χ3n) is 4.81. The van der Waals surface area contributed by atoms with Crippen molar-refractivity contribution in [1.82, 2.24) is 9.55 Å². The Hall–Kier alpha value is -1.73. The van der Waals surface area contributed by atoms with Crippen molar-refractivity contribution in [1.29, 1.82) is 0 Å². The van der Waals surface area contributed by atoms with Gasteiger partial charge in [0, 0.05) is 31.0 Å². The molecule has 26 heavy (non-hydrogen) atoms. The maximum atomic E-state index is 12.8. The Morgan fingerprint density at radius 3 is 3.04 bits per heavy atom. The van der Waals surface area contributed by atoms with Gasteiger partial charge in [0.25, 0.3) is 5.56 Å². The molecule has 4 rings (SSSR count). The fourth-order valence-corrected chi connectivity index (χ4v) is 5.51. The monoisotopic (exact) mass is 387 g/mol. The lowest BCUT2D eigenvalue weighted by Crippen LogP contribution is -2.36. The first-order valence-electron chi connectivity index (χ1n) is 8.82. The lowest BCUT2D eigenvalue weighted by atomic mass is 10.0. The van der Waals surface area contributed by atoms with E-state index in [9.17, 15) is 9.59 Å². The summed E-state index contributed by atoms with van der Waals surface area (Å²) < 4.78 is 1.58. The summed E-state index contributed by atoms with van der Waals surface area (Å²) in [5.41, 5.74) is 3.13. The van der Waals surface area contributed by atoms with Crippen LogP contribution < -0.4 is 10.5 Å². The van der Waals surface area contributed by atoms with E-state index in [1.165, 1.54) is 17.3 Å². The Balaban J connectivity index is 1.52. The first kappa shape index (κ1) is 17.7. The highest BCUT2D eigenvalue weighted by Crippen LogP contribution is 2.34. The van der Waals surface area contributed by atoms with Crippen molar-refractivity contribution in [2.24, 2.45) is 7.05 Å². The van der Waals surface area contributed by atoms with Crippen LogP contribution in [-0.4, -0.2) is 33.0 Å². The largest absolute Gasteiger partial charge is 0.311 e. The number of rotatable bonds is 3. The van der Waals surface area contributed by atoms with E-state index < -0.39 is 0 Å². The van der Waals surface area contributed by atoms with E-state index in [2.05, 4.69) is 18.0 Å². The number of aryl methyl sites for hydroxylation is 1. The first-order chi connectivity index (χ1) is 12.5. The molecular weight excluding hydrogens is 366 g/mol. The van der Waals surface area contributed by atoms with Crippen molar-refractivity contribution in [2.75, 3.05) is 17.2 Å². The predicted molar refractivity (Wildman–Crippen MR) is 106 cm³/mol. The second-order valence-corrected chi connectivity index (χ2v) is 9.12. The molecule has 1 amide bonds. The minimum absolute atomic E-state index is 0.00242. The third-order valence-corrected chi connectivity index (χ3v) is 7.04. The average molecular weight is 388 g/mol. The number of hydrogen-bond acceptors (Lipinski definition) is 5. The molecule has 7 heteroatoms. The summed E-state index contributed by atoms with van der Waals surface area (Å²) in [6, 6.07) is 8.10. The van der Waals surface area contributed by atoms with E-state index in [-0.39, 0.29) is 17.2 Å². The fraction of sp³-hybridized carbons (Fsp3) is 0.421. The highest BCUT2D eigenvalue weighted by atomic mass is 32.2.